The van der Waals surface area contributed by atoms with Gasteiger partial charge in [0.05, 0.1) is 0 Å². The van der Waals surface area contributed by atoms with Crippen LogP contribution in [0.3, 0.4) is 0 Å². The summed E-state index contributed by atoms with van der Waals surface area (Å²) in [5.41, 5.74) is 1.21. The van der Waals surface area contributed by atoms with Crippen LogP contribution in [0.4, 0.5) is 0 Å². The van der Waals surface area contributed by atoms with E-state index in [1.54, 1.807) is 0 Å². The molecule has 0 saturated heterocycles. The van der Waals surface area contributed by atoms with Crippen LogP contribution in [-0.4, -0.2) is 37.0 Å². The summed E-state index contributed by atoms with van der Waals surface area (Å²) in [6.45, 7) is 6.55. The van der Waals surface area contributed by atoms with Gasteiger partial charge in [-0.05, 0) is 50.9 Å². The Kier molecular flexibility index (Phi) is 4.66. The van der Waals surface area contributed by atoms with Crippen molar-refractivity contribution in [3.63, 3.8) is 0 Å². The van der Waals surface area contributed by atoms with Gasteiger partial charge in [-0.15, -0.1) is 0 Å². The van der Waals surface area contributed by atoms with Crippen LogP contribution in [0.1, 0.15) is 25.8 Å². The van der Waals surface area contributed by atoms with Gasteiger partial charge in [-0.1, -0.05) is 6.07 Å². The minimum Gasteiger partial charge on any atom is -0.486 e. The molecule has 106 valence electrons. The van der Waals surface area contributed by atoms with E-state index in [-0.39, 0.29) is 12.1 Å². The zero-order valence-electron chi connectivity index (χ0n) is 11.7. The second kappa shape index (κ2) is 6.26. The van der Waals surface area contributed by atoms with Crippen LogP contribution in [0, 0.1) is 0 Å². The topological polar surface area (TPSA) is 50.7 Å². The Morgan fingerprint density at radius 1 is 1.21 bits per heavy atom. The number of ether oxygens (including phenoxy) is 2. The summed E-state index contributed by atoms with van der Waals surface area (Å²) in [6, 6.07) is 6.10. The largest absolute Gasteiger partial charge is 0.486 e. The first-order valence-electron chi connectivity index (χ1n) is 6.85. The molecule has 1 heterocycles. The highest BCUT2D eigenvalue weighted by molar-refractivity contribution is 5.43. The van der Waals surface area contributed by atoms with Crippen molar-refractivity contribution in [3.8, 4) is 11.5 Å². The maximum atomic E-state index is 8.98. The van der Waals surface area contributed by atoms with Crippen molar-refractivity contribution in [2.24, 2.45) is 0 Å². The standard InChI is InChI=1S/C15H23NO3/c1-15(2,6-8-17)16-7-5-12-3-4-13-14(11-12)19-10-9-18-13/h3-4,11,16-17H,5-10H2,1-2H3. The molecule has 4 nitrogen and oxygen atoms in total. The van der Waals surface area contributed by atoms with Gasteiger partial charge in [0.25, 0.3) is 0 Å². The Bertz CT molecular complexity index is 418. The molecule has 0 aliphatic carbocycles. The Morgan fingerprint density at radius 2 is 1.95 bits per heavy atom. The Morgan fingerprint density at radius 3 is 2.68 bits per heavy atom. The molecular weight excluding hydrogens is 242 g/mol. The van der Waals surface area contributed by atoms with Crippen LogP contribution >= 0.6 is 0 Å². The van der Waals surface area contributed by atoms with Gasteiger partial charge in [-0.25, -0.2) is 0 Å². The molecule has 0 radical (unpaired) electrons. The maximum Gasteiger partial charge on any atom is 0.161 e. The summed E-state index contributed by atoms with van der Waals surface area (Å²) in [4.78, 5) is 0. The molecule has 0 spiro atoms. The number of aliphatic hydroxyl groups excluding tert-OH is 1. The van der Waals surface area contributed by atoms with E-state index in [2.05, 4.69) is 31.3 Å². The van der Waals surface area contributed by atoms with E-state index in [4.69, 9.17) is 14.6 Å². The van der Waals surface area contributed by atoms with E-state index in [0.717, 1.165) is 30.9 Å². The first-order valence-corrected chi connectivity index (χ1v) is 6.85. The molecule has 0 aromatic heterocycles. The van der Waals surface area contributed by atoms with Gasteiger partial charge in [0, 0.05) is 12.1 Å². The van der Waals surface area contributed by atoms with Crippen LogP contribution in [0.5, 0.6) is 11.5 Å². The van der Waals surface area contributed by atoms with Gasteiger partial charge in [0.15, 0.2) is 11.5 Å². The molecule has 0 atom stereocenters. The van der Waals surface area contributed by atoms with Gasteiger partial charge in [0.1, 0.15) is 13.2 Å². The average Bonchev–Trinajstić information content (AvgIpc) is 2.38. The fourth-order valence-corrected chi connectivity index (χ4v) is 2.16. The molecule has 0 fully saturated rings. The predicted octanol–water partition coefficient (Wildman–Crippen LogP) is 1.75. The van der Waals surface area contributed by atoms with Crippen molar-refractivity contribution >= 4 is 0 Å². The maximum absolute atomic E-state index is 8.98. The summed E-state index contributed by atoms with van der Waals surface area (Å²) in [7, 11) is 0. The normalized spacial score (nSPS) is 14.5. The number of fused-ring (bicyclic) bond motifs is 1. The van der Waals surface area contributed by atoms with Crippen LogP contribution in [0.25, 0.3) is 0 Å². The van der Waals surface area contributed by atoms with Gasteiger partial charge >= 0.3 is 0 Å². The molecule has 2 N–H and O–H groups in total. The fourth-order valence-electron chi connectivity index (χ4n) is 2.16. The lowest BCUT2D eigenvalue weighted by Crippen LogP contribution is -2.41. The lowest BCUT2D eigenvalue weighted by atomic mass is 10.0. The van der Waals surface area contributed by atoms with E-state index < -0.39 is 0 Å². The summed E-state index contributed by atoms with van der Waals surface area (Å²) >= 11 is 0. The molecule has 19 heavy (non-hydrogen) atoms. The second-order valence-corrected chi connectivity index (χ2v) is 5.51. The molecule has 4 heteroatoms. The van der Waals surface area contributed by atoms with Crippen LogP contribution < -0.4 is 14.8 Å². The highest BCUT2D eigenvalue weighted by Gasteiger charge is 2.16. The predicted molar refractivity (Wildman–Crippen MR) is 74.9 cm³/mol. The van der Waals surface area contributed by atoms with Crippen molar-refractivity contribution in [1.29, 1.82) is 0 Å². The van der Waals surface area contributed by atoms with Crippen LogP contribution in [-0.2, 0) is 6.42 Å². The van der Waals surface area contributed by atoms with Crippen molar-refractivity contribution in [2.75, 3.05) is 26.4 Å². The number of aliphatic hydroxyl groups is 1. The molecule has 1 aromatic carbocycles. The molecule has 0 unspecified atom stereocenters. The number of rotatable bonds is 6. The first-order chi connectivity index (χ1) is 9.11. The van der Waals surface area contributed by atoms with E-state index in [0.29, 0.717) is 13.2 Å². The molecule has 0 saturated carbocycles. The number of hydrogen-bond acceptors (Lipinski definition) is 4. The molecule has 1 aliphatic rings. The highest BCUT2D eigenvalue weighted by Crippen LogP contribution is 2.30. The lowest BCUT2D eigenvalue weighted by molar-refractivity contribution is 0.171. The second-order valence-electron chi connectivity index (χ2n) is 5.51. The van der Waals surface area contributed by atoms with Gasteiger partial charge < -0.3 is 19.9 Å². The van der Waals surface area contributed by atoms with Crippen molar-refractivity contribution in [1.82, 2.24) is 5.32 Å². The highest BCUT2D eigenvalue weighted by atomic mass is 16.6. The average molecular weight is 265 g/mol. The van der Waals surface area contributed by atoms with Crippen LogP contribution in [0.2, 0.25) is 0 Å². The third kappa shape index (κ3) is 4.11. The van der Waals surface area contributed by atoms with Crippen molar-refractivity contribution in [2.45, 2.75) is 32.2 Å². The third-order valence-electron chi connectivity index (χ3n) is 3.36. The SMILES string of the molecule is CC(C)(CCO)NCCc1ccc2c(c1)OCCO2. The Hall–Kier alpha value is -1.26. The Labute approximate surface area is 114 Å². The van der Waals surface area contributed by atoms with Gasteiger partial charge in [0.2, 0.25) is 0 Å². The molecule has 1 aromatic rings. The summed E-state index contributed by atoms with van der Waals surface area (Å²) in [5.74, 6) is 1.68. The molecule has 2 rings (SSSR count). The quantitative estimate of drug-likeness (QED) is 0.823. The number of benzene rings is 1. The first kappa shape index (κ1) is 14.2. The van der Waals surface area contributed by atoms with Crippen LogP contribution in [0.15, 0.2) is 18.2 Å². The number of nitrogens with one attached hydrogen (secondary N) is 1. The van der Waals surface area contributed by atoms with E-state index in [9.17, 15) is 0 Å². The van der Waals surface area contributed by atoms with Gasteiger partial charge in [-0.3, -0.25) is 0 Å². The molecule has 1 aliphatic heterocycles. The molecule has 0 bridgehead atoms. The summed E-state index contributed by atoms with van der Waals surface area (Å²) in [5, 5.41) is 12.4. The van der Waals surface area contributed by atoms with E-state index >= 15 is 0 Å². The third-order valence-corrected chi connectivity index (χ3v) is 3.36. The van der Waals surface area contributed by atoms with E-state index in [1.807, 2.05) is 6.07 Å². The fraction of sp³-hybridized carbons (Fsp3) is 0.600. The zero-order chi connectivity index (χ0) is 13.7. The minimum absolute atomic E-state index is 0.0252. The molecular formula is C15H23NO3. The smallest absolute Gasteiger partial charge is 0.161 e. The van der Waals surface area contributed by atoms with Gasteiger partial charge in [-0.2, -0.15) is 0 Å². The zero-order valence-corrected chi connectivity index (χ0v) is 11.7. The Balaban J connectivity index is 1.86. The molecule has 0 amide bonds. The van der Waals surface area contributed by atoms with Crippen molar-refractivity contribution < 1.29 is 14.6 Å². The van der Waals surface area contributed by atoms with E-state index in [1.165, 1.54) is 5.56 Å². The summed E-state index contributed by atoms with van der Waals surface area (Å²) in [6.07, 6.45) is 1.69. The number of hydrogen-bond donors (Lipinski definition) is 2. The summed E-state index contributed by atoms with van der Waals surface area (Å²) < 4.78 is 11.1. The minimum atomic E-state index is -0.0252. The van der Waals surface area contributed by atoms with Crippen molar-refractivity contribution in [3.05, 3.63) is 23.8 Å². The monoisotopic (exact) mass is 265 g/mol. The lowest BCUT2D eigenvalue weighted by Gasteiger charge is -2.25.